The van der Waals surface area contributed by atoms with Crippen LogP contribution in [0, 0.1) is 5.41 Å². The quantitative estimate of drug-likeness (QED) is 0.738. The van der Waals surface area contributed by atoms with Gasteiger partial charge in [-0.3, -0.25) is 4.57 Å². The fourth-order valence-corrected chi connectivity index (χ4v) is 5.01. The molecule has 1 saturated heterocycles. The van der Waals surface area contributed by atoms with E-state index in [1.54, 1.807) is 0 Å². The first-order valence-corrected chi connectivity index (χ1v) is 7.37. The maximum Gasteiger partial charge on any atom is 0.335 e. The molecule has 2 aliphatic rings. The van der Waals surface area contributed by atoms with Gasteiger partial charge in [0.15, 0.2) is 0 Å². The van der Waals surface area contributed by atoms with Crippen molar-refractivity contribution >= 4 is 7.60 Å². The molecule has 1 heterocycles. The third-order valence-corrected chi connectivity index (χ3v) is 6.14. The van der Waals surface area contributed by atoms with E-state index < -0.39 is 7.60 Å². The molecule has 1 atom stereocenters. The summed E-state index contributed by atoms with van der Waals surface area (Å²) in [6.07, 6.45) is 2.32. The first-order chi connectivity index (χ1) is 7.17. The van der Waals surface area contributed by atoms with Crippen LogP contribution in [0.3, 0.4) is 0 Å². The summed E-state index contributed by atoms with van der Waals surface area (Å²) >= 11 is 0. The van der Waals surface area contributed by atoms with E-state index in [9.17, 15) is 4.57 Å². The van der Waals surface area contributed by atoms with Gasteiger partial charge in [-0.25, -0.2) is 0 Å². The molecule has 2 rings (SSSR count). The van der Waals surface area contributed by atoms with E-state index in [0.717, 1.165) is 25.9 Å². The molecule has 1 unspecified atom stereocenters. The summed E-state index contributed by atoms with van der Waals surface area (Å²) in [6, 6.07) is 0. The molecule has 1 spiro atoms. The summed E-state index contributed by atoms with van der Waals surface area (Å²) in [5, 5.41) is 3.32. The van der Waals surface area contributed by atoms with Gasteiger partial charge in [0.1, 0.15) is 0 Å². The number of hydrogen-bond acceptors (Lipinski definition) is 4. The maximum absolute atomic E-state index is 12.6. The molecule has 1 N–H and O–H groups in total. The highest BCUT2D eigenvalue weighted by atomic mass is 31.2. The van der Waals surface area contributed by atoms with Gasteiger partial charge in [0.05, 0.1) is 18.9 Å². The lowest BCUT2D eigenvalue weighted by molar-refractivity contribution is 0.207. The molecule has 0 radical (unpaired) electrons. The Hall–Kier alpha value is 0.110. The molecule has 0 aromatic rings. The van der Waals surface area contributed by atoms with Crippen LogP contribution in [-0.4, -0.2) is 32.0 Å². The van der Waals surface area contributed by atoms with Crippen molar-refractivity contribution in [2.24, 2.45) is 5.41 Å². The third-order valence-electron chi connectivity index (χ3n) is 3.41. The number of rotatable bonds is 5. The van der Waals surface area contributed by atoms with E-state index >= 15 is 0 Å². The monoisotopic (exact) mass is 233 g/mol. The summed E-state index contributed by atoms with van der Waals surface area (Å²) < 4.78 is 23.4. The highest BCUT2D eigenvalue weighted by molar-refractivity contribution is 7.54. The zero-order chi connectivity index (χ0) is 10.9. The highest BCUT2D eigenvalue weighted by Gasteiger charge is 2.60. The van der Waals surface area contributed by atoms with Gasteiger partial charge in [-0.05, 0) is 32.1 Å². The molecule has 4 nitrogen and oxygen atoms in total. The Balaban J connectivity index is 2.13. The Morgan fingerprint density at radius 2 is 1.93 bits per heavy atom. The highest BCUT2D eigenvalue weighted by Crippen LogP contribution is 2.67. The van der Waals surface area contributed by atoms with Gasteiger partial charge in [-0.15, -0.1) is 0 Å². The van der Waals surface area contributed by atoms with E-state index in [2.05, 4.69) is 5.32 Å². The van der Waals surface area contributed by atoms with Crippen LogP contribution in [-0.2, 0) is 13.6 Å². The van der Waals surface area contributed by atoms with Crippen LogP contribution >= 0.6 is 7.60 Å². The Morgan fingerprint density at radius 3 is 2.40 bits per heavy atom. The van der Waals surface area contributed by atoms with Gasteiger partial charge in [0, 0.05) is 13.1 Å². The summed E-state index contributed by atoms with van der Waals surface area (Å²) in [5.74, 6) is 0. The summed E-state index contributed by atoms with van der Waals surface area (Å²) in [7, 11) is -2.89. The van der Waals surface area contributed by atoms with E-state index in [1.807, 2.05) is 13.8 Å². The normalized spacial score (nSPS) is 28.5. The second kappa shape index (κ2) is 4.17. The minimum Gasteiger partial charge on any atom is -0.315 e. The molecule has 1 aliphatic carbocycles. The minimum absolute atomic E-state index is 0.0740. The van der Waals surface area contributed by atoms with Crippen LogP contribution < -0.4 is 5.32 Å². The van der Waals surface area contributed by atoms with Gasteiger partial charge >= 0.3 is 7.60 Å². The standard InChI is InChI=1S/C10H20NO3P/c1-3-13-15(12,14-4-2)9-7-11-8-10(9)5-6-10/h9,11H,3-8H2,1-2H3. The van der Waals surface area contributed by atoms with Crippen molar-refractivity contribution in [3.63, 3.8) is 0 Å². The predicted molar refractivity (Wildman–Crippen MR) is 59.2 cm³/mol. The van der Waals surface area contributed by atoms with Crippen LogP contribution in [0.25, 0.3) is 0 Å². The van der Waals surface area contributed by atoms with Crippen molar-refractivity contribution in [2.75, 3.05) is 26.3 Å². The van der Waals surface area contributed by atoms with E-state index in [0.29, 0.717) is 13.2 Å². The lowest BCUT2D eigenvalue weighted by Gasteiger charge is -2.26. The zero-order valence-corrected chi connectivity index (χ0v) is 10.4. The summed E-state index contributed by atoms with van der Waals surface area (Å²) in [6.45, 7) is 6.41. The van der Waals surface area contributed by atoms with Crippen LogP contribution in [0.1, 0.15) is 26.7 Å². The van der Waals surface area contributed by atoms with Gasteiger partial charge in [0.25, 0.3) is 0 Å². The van der Waals surface area contributed by atoms with Gasteiger partial charge < -0.3 is 14.4 Å². The number of nitrogens with one attached hydrogen (secondary N) is 1. The summed E-state index contributed by atoms with van der Waals surface area (Å²) in [5.41, 5.74) is 0.296. The van der Waals surface area contributed by atoms with Gasteiger partial charge in [0.2, 0.25) is 0 Å². The van der Waals surface area contributed by atoms with Crippen LogP contribution in [0.15, 0.2) is 0 Å². The third kappa shape index (κ3) is 2.01. The minimum atomic E-state index is -2.89. The molecule has 0 amide bonds. The Bertz CT molecular complexity index is 268. The number of hydrogen-bond donors (Lipinski definition) is 1. The molecule has 0 aromatic heterocycles. The van der Waals surface area contributed by atoms with E-state index in [4.69, 9.17) is 9.05 Å². The lowest BCUT2D eigenvalue weighted by atomic mass is 10.1. The topological polar surface area (TPSA) is 47.6 Å². The average molecular weight is 233 g/mol. The summed E-state index contributed by atoms with van der Waals surface area (Å²) in [4.78, 5) is 0. The van der Waals surface area contributed by atoms with Crippen molar-refractivity contribution in [2.45, 2.75) is 32.3 Å². The Morgan fingerprint density at radius 1 is 1.33 bits per heavy atom. The SMILES string of the molecule is CCOP(=O)(OCC)C1CNCC12CC2. The molecule has 5 heteroatoms. The molecule has 0 aromatic carbocycles. The van der Waals surface area contributed by atoms with Crippen LogP contribution in [0.2, 0.25) is 0 Å². The Labute approximate surface area is 91.3 Å². The molecule has 0 bridgehead atoms. The largest absolute Gasteiger partial charge is 0.335 e. The van der Waals surface area contributed by atoms with Crippen LogP contribution in [0.5, 0.6) is 0 Å². The van der Waals surface area contributed by atoms with Gasteiger partial charge in [-0.2, -0.15) is 0 Å². The first kappa shape index (κ1) is 11.6. The molecular weight excluding hydrogens is 213 g/mol. The molecule has 1 aliphatic heterocycles. The zero-order valence-electron chi connectivity index (χ0n) is 9.49. The molecule has 15 heavy (non-hydrogen) atoms. The van der Waals surface area contributed by atoms with Crippen molar-refractivity contribution in [1.82, 2.24) is 5.32 Å². The molecular formula is C10H20NO3P. The second-order valence-corrected chi connectivity index (χ2v) is 6.60. The fraction of sp³-hybridized carbons (Fsp3) is 1.00. The fourth-order valence-electron chi connectivity index (χ4n) is 2.49. The maximum atomic E-state index is 12.6. The van der Waals surface area contributed by atoms with Crippen molar-refractivity contribution < 1.29 is 13.6 Å². The van der Waals surface area contributed by atoms with Crippen molar-refractivity contribution in [3.8, 4) is 0 Å². The lowest BCUT2D eigenvalue weighted by Crippen LogP contribution is -2.23. The smallest absolute Gasteiger partial charge is 0.315 e. The van der Waals surface area contributed by atoms with E-state index in [1.165, 1.54) is 0 Å². The van der Waals surface area contributed by atoms with E-state index in [-0.39, 0.29) is 11.1 Å². The average Bonchev–Trinajstić information content (AvgIpc) is 2.77. The first-order valence-electron chi connectivity index (χ1n) is 5.76. The second-order valence-electron chi connectivity index (χ2n) is 4.38. The molecule has 1 saturated carbocycles. The van der Waals surface area contributed by atoms with Crippen molar-refractivity contribution in [3.05, 3.63) is 0 Å². The van der Waals surface area contributed by atoms with Crippen LogP contribution in [0.4, 0.5) is 0 Å². The molecule has 88 valence electrons. The van der Waals surface area contributed by atoms with Gasteiger partial charge in [-0.1, -0.05) is 0 Å². The van der Waals surface area contributed by atoms with Crippen molar-refractivity contribution in [1.29, 1.82) is 0 Å². The molecule has 2 fully saturated rings. The predicted octanol–water partition coefficient (Wildman–Crippen LogP) is 2.00. The Kier molecular flexibility index (Phi) is 3.22.